The summed E-state index contributed by atoms with van der Waals surface area (Å²) in [5.74, 6) is 1.59. The highest BCUT2D eigenvalue weighted by Gasteiger charge is 2.37. The van der Waals surface area contributed by atoms with Gasteiger partial charge in [0.05, 0.1) is 11.5 Å². The second-order valence-corrected chi connectivity index (χ2v) is 5.91. The molecule has 112 valence electrons. The molecule has 1 heterocycles. The highest BCUT2D eigenvalue weighted by molar-refractivity contribution is 5.46. The Morgan fingerprint density at radius 2 is 1.64 bits per heavy atom. The molecule has 1 saturated heterocycles. The summed E-state index contributed by atoms with van der Waals surface area (Å²) in [6, 6.07) is 20.3. The number of nitriles is 1. The van der Waals surface area contributed by atoms with Crippen molar-refractivity contribution in [1.82, 2.24) is 4.90 Å². The third-order valence-corrected chi connectivity index (χ3v) is 4.43. The second-order valence-electron chi connectivity index (χ2n) is 5.91. The predicted molar refractivity (Wildman–Crippen MR) is 87.0 cm³/mol. The van der Waals surface area contributed by atoms with Crippen molar-refractivity contribution >= 4 is 0 Å². The summed E-state index contributed by atoms with van der Waals surface area (Å²) in [5, 5.41) is 9.85. The molecule has 0 saturated carbocycles. The zero-order valence-electron chi connectivity index (χ0n) is 12.8. The first-order valence-corrected chi connectivity index (χ1v) is 7.66. The number of piperidine rings is 1. The summed E-state index contributed by atoms with van der Waals surface area (Å²) in [6.07, 6.45) is 1.68. The predicted octanol–water partition coefficient (Wildman–Crippen LogP) is 3.97. The van der Waals surface area contributed by atoms with Crippen LogP contribution in [0, 0.1) is 11.3 Å². The molecule has 0 aliphatic carbocycles. The average molecular weight is 292 g/mol. The SMILES string of the molecule is CN1CCC(C#N)(c2ccccc2Oc2ccccc2)CC1. The highest BCUT2D eigenvalue weighted by atomic mass is 16.5. The number of hydrogen-bond acceptors (Lipinski definition) is 3. The summed E-state index contributed by atoms with van der Waals surface area (Å²) >= 11 is 0. The fraction of sp³-hybridized carbons (Fsp3) is 0.316. The Morgan fingerprint density at radius 1 is 1.00 bits per heavy atom. The average Bonchev–Trinajstić information content (AvgIpc) is 2.58. The van der Waals surface area contributed by atoms with Crippen LogP contribution in [0.2, 0.25) is 0 Å². The molecule has 3 heteroatoms. The topological polar surface area (TPSA) is 36.3 Å². The van der Waals surface area contributed by atoms with Crippen LogP contribution in [0.25, 0.3) is 0 Å². The van der Waals surface area contributed by atoms with Crippen LogP contribution in [0.3, 0.4) is 0 Å². The van der Waals surface area contributed by atoms with Crippen LogP contribution in [0.1, 0.15) is 18.4 Å². The van der Waals surface area contributed by atoms with Gasteiger partial charge < -0.3 is 9.64 Å². The van der Waals surface area contributed by atoms with Gasteiger partial charge in [0.15, 0.2) is 0 Å². The maximum atomic E-state index is 9.85. The number of benzene rings is 2. The van der Waals surface area contributed by atoms with Gasteiger partial charge in [0, 0.05) is 5.56 Å². The molecule has 3 rings (SSSR count). The van der Waals surface area contributed by atoms with Gasteiger partial charge in [-0.25, -0.2) is 0 Å². The van der Waals surface area contributed by atoms with Gasteiger partial charge in [0.2, 0.25) is 0 Å². The van der Waals surface area contributed by atoms with Crippen molar-refractivity contribution in [3.63, 3.8) is 0 Å². The molecule has 22 heavy (non-hydrogen) atoms. The number of ether oxygens (including phenoxy) is 1. The van der Waals surface area contributed by atoms with Gasteiger partial charge in [-0.2, -0.15) is 5.26 Å². The minimum atomic E-state index is -0.447. The van der Waals surface area contributed by atoms with Gasteiger partial charge in [-0.1, -0.05) is 36.4 Å². The molecule has 1 aliphatic heterocycles. The van der Waals surface area contributed by atoms with Crippen LogP contribution in [-0.2, 0) is 5.41 Å². The Hall–Kier alpha value is -2.31. The van der Waals surface area contributed by atoms with E-state index in [9.17, 15) is 5.26 Å². The molecule has 0 amide bonds. The lowest BCUT2D eigenvalue weighted by Gasteiger charge is -2.36. The molecule has 1 fully saturated rings. The van der Waals surface area contributed by atoms with Gasteiger partial charge in [-0.15, -0.1) is 0 Å². The van der Waals surface area contributed by atoms with E-state index in [0.29, 0.717) is 0 Å². The number of hydrogen-bond donors (Lipinski definition) is 0. The van der Waals surface area contributed by atoms with E-state index in [1.165, 1.54) is 0 Å². The van der Waals surface area contributed by atoms with Crippen molar-refractivity contribution < 1.29 is 4.74 Å². The Bertz CT molecular complexity index is 667. The third-order valence-electron chi connectivity index (χ3n) is 4.43. The molecule has 0 spiro atoms. The summed E-state index contributed by atoms with van der Waals surface area (Å²) < 4.78 is 6.05. The summed E-state index contributed by atoms with van der Waals surface area (Å²) in [6.45, 7) is 1.88. The molecule has 0 radical (unpaired) electrons. The quantitative estimate of drug-likeness (QED) is 0.859. The highest BCUT2D eigenvalue weighted by Crippen LogP contribution is 2.40. The third kappa shape index (κ3) is 2.84. The van der Waals surface area contributed by atoms with E-state index in [1.807, 2.05) is 54.6 Å². The van der Waals surface area contributed by atoms with E-state index < -0.39 is 5.41 Å². The largest absolute Gasteiger partial charge is 0.457 e. The Kier molecular flexibility index (Phi) is 4.13. The molecule has 2 aromatic rings. The van der Waals surface area contributed by atoms with E-state index in [1.54, 1.807) is 0 Å². The fourth-order valence-electron chi connectivity index (χ4n) is 3.01. The van der Waals surface area contributed by atoms with E-state index >= 15 is 0 Å². The lowest BCUT2D eigenvalue weighted by atomic mass is 9.73. The number of nitrogens with zero attached hydrogens (tertiary/aromatic N) is 2. The van der Waals surface area contributed by atoms with Crippen molar-refractivity contribution in [3.05, 3.63) is 60.2 Å². The zero-order valence-corrected chi connectivity index (χ0v) is 12.8. The van der Waals surface area contributed by atoms with Crippen molar-refractivity contribution in [1.29, 1.82) is 5.26 Å². The Morgan fingerprint density at radius 3 is 2.32 bits per heavy atom. The van der Waals surface area contributed by atoms with Gasteiger partial charge >= 0.3 is 0 Å². The molecule has 0 atom stereocenters. The Labute approximate surface area is 131 Å². The van der Waals surface area contributed by atoms with Gasteiger partial charge in [0.1, 0.15) is 11.5 Å². The minimum absolute atomic E-state index is 0.447. The molecular formula is C19H20N2O. The van der Waals surface area contributed by atoms with Crippen molar-refractivity contribution in [2.24, 2.45) is 0 Å². The molecular weight excluding hydrogens is 272 g/mol. The van der Waals surface area contributed by atoms with Gasteiger partial charge in [-0.3, -0.25) is 0 Å². The molecule has 2 aromatic carbocycles. The number of rotatable bonds is 3. The monoisotopic (exact) mass is 292 g/mol. The van der Waals surface area contributed by atoms with Crippen molar-refractivity contribution in [2.75, 3.05) is 20.1 Å². The van der Waals surface area contributed by atoms with Gasteiger partial charge in [0.25, 0.3) is 0 Å². The first-order chi connectivity index (χ1) is 10.7. The molecule has 1 aliphatic rings. The van der Waals surface area contributed by atoms with E-state index in [0.717, 1.165) is 43.0 Å². The van der Waals surface area contributed by atoms with Crippen LogP contribution in [0.5, 0.6) is 11.5 Å². The fourth-order valence-corrected chi connectivity index (χ4v) is 3.01. The van der Waals surface area contributed by atoms with Crippen LogP contribution in [-0.4, -0.2) is 25.0 Å². The van der Waals surface area contributed by atoms with E-state index in [2.05, 4.69) is 18.0 Å². The summed E-state index contributed by atoms with van der Waals surface area (Å²) in [4.78, 5) is 2.27. The van der Waals surface area contributed by atoms with E-state index in [-0.39, 0.29) is 0 Å². The maximum Gasteiger partial charge on any atom is 0.132 e. The van der Waals surface area contributed by atoms with Crippen molar-refractivity contribution in [3.8, 4) is 17.6 Å². The molecule has 0 bridgehead atoms. The molecule has 3 nitrogen and oxygen atoms in total. The standard InChI is InChI=1S/C19H20N2O/c1-21-13-11-19(15-20,12-14-21)17-9-5-6-10-18(17)22-16-7-3-2-4-8-16/h2-10H,11-14H2,1H3. The minimum Gasteiger partial charge on any atom is -0.457 e. The molecule has 0 unspecified atom stereocenters. The zero-order chi connectivity index (χ0) is 15.4. The van der Waals surface area contributed by atoms with Crippen LogP contribution < -0.4 is 4.74 Å². The van der Waals surface area contributed by atoms with Crippen molar-refractivity contribution in [2.45, 2.75) is 18.3 Å². The van der Waals surface area contributed by atoms with Crippen LogP contribution >= 0.6 is 0 Å². The maximum absolute atomic E-state index is 9.85. The number of likely N-dealkylation sites (tertiary alicyclic amines) is 1. The summed E-state index contributed by atoms with van der Waals surface area (Å²) in [5.41, 5.74) is 0.562. The lowest BCUT2D eigenvalue weighted by Crippen LogP contribution is -2.40. The van der Waals surface area contributed by atoms with Gasteiger partial charge in [-0.05, 0) is 51.2 Å². The van der Waals surface area contributed by atoms with Crippen LogP contribution in [0.4, 0.5) is 0 Å². The normalized spacial score (nSPS) is 17.6. The van der Waals surface area contributed by atoms with Crippen LogP contribution in [0.15, 0.2) is 54.6 Å². The lowest BCUT2D eigenvalue weighted by molar-refractivity contribution is 0.219. The Balaban J connectivity index is 1.95. The first kappa shape index (κ1) is 14.6. The summed E-state index contributed by atoms with van der Waals surface area (Å²) in [7, 11) is 2.10. The molecule has 0 aromatic heterocycles. The second kappa shape index (κ2) is 6.21. The molecule has 0 N–H and O–H groups in total. The first-order valence-electron chi connectivity index (χ1n) is 7.66. The van der Waals surface area contributed by atoms with E-state index in [4.69, 9.17) is 4.74 Å². The smallest absolute Gasteiger partial charge is 0.132 e. The number of para-hydroxylation sites is 2.